The molecule has 2 fully saturated rings. The van der Waals surface area contributed by atoms with Crippen LogP contribution in [0, 0.1) is 17.3 Å². The summed E-state index contributed by atoms with van der Waals surface area (Å²) in [6, 6.07) is 0. The molecule has 2 atom stereocenters. The molecule has 0 spiro atoms. The van der Waals surface area contributed by atoms with Crippen LogP contribution >= 0.6 is 0 Å². The van der Waals surface area contributed by atoms with Crippen molar-refractivity contribution < 1.29 is 0 Å². The van der Waals surface area contributed by atoms with E-state index in [1.54, 1.807) is 0 Å². The first-order valence-electron chi connectivity index (χ1n) is 7.30. The van der Waals surface area contributed by atoms with Gasteiger partial charge in [0.25, 0.3) is 0 Å². The Morgan fingerprint density at radius 3 is 2.18 bits per heavy atom. The fraction of sp³-hybridized carbons (Fsp3) is 1.00. The van der Waals surface area contributed by atoms with Crippen molar-refractivity contribution in [2.24, 2.45) is 23.0 Å². The molecule has 2 heteroatoms. The molecule has 17 heavy (non-hydrogen) atoms. The lowest BCUT2D eigenvalue weighted by atomic mass is 9.80. The predicted molar refractivity (Wildman–Crippen MR) is 73.9 cm³/mol. The van der Waals surface area contributed by atoms with Gasteiger partial charge < -0.3 is 5.73 Å². The van der Waals surface area contributed by atoms with Gasteiger partial charge in [-0.3, -0.25) is 4.90 Å². The maximum Gasteiger partial charge on any atom is 0.0306 e. The number of nitrogens with zero attached hydrogens (tertiary/aromatic N) is 1. The highest BCUT2D eigenvalue weighted by molar-refractivity contribution is 4.97. The highest BCUT2D eigenvalue weighted by Gasteiger charge is 2.42. The van der Waals surface area contributed by atoms with E-state index in [2.05, 4.69) is 32.6 Å². The lowest BCUT2D eigenvalue weighted by molar-refractivity contribution is 0.109. The van der Waals surface area contributed by atoms with E-state index in [0.717, 1.165) is 18.4 Å². The molecule has 2 aliphatic rings. The molecule has 1 aliphatic carbocycles. The fourth-order valence-electron chi connectivity index (χ4n) is 3.24. The summed E-state index contributed by atoms with van der Waals surface area (Å²) in [5, 5.41) is 0. The van der Waals surface area contributed by atoms with Gasteiger partial charge in [-0.25, -0.2) is 0 Å². The molecule has 2 N–H and O–H groups in total. The summed E-state index contributed by atoms with van der Waals surface area (Å²) >= 11 is 0. The van der Waals surface area contributed by atoms with E-state index in [4.69, 9.17) is 5.73 Å². The molecule has 1 heterocycles. The molecule has 2 nitrogen and oxygen atoms in total. The molecule has 100 valence electrons. The van der Waals surface area contributed by atoms with Crippen molar-refractivity contribution in [3.05, 3.63) is 0 Å². The molecule has 2 rings (SSSR count). The average molecular weight is 238 g/mol. The molecule has 2 unspecified atom stereocenters. The minimum atomic E-state index is 0.265. The lowest BCUT2D eigenvalue weighted by Gasteiger charge is -2.39. The van der Waals surface area contributed by atoms with E-state index in [9.17, 15) is 0 Å². The standard InChI is InChI=1S/C15H30N2/c1-14(2,3)13-7-8-17(10-13)15(4,11-16)9-12-5-6-12/h12-13H,5-11,16H2,1-4H3. The van der Waals surface area contributed by atoms with E-state index in [-0.39, 0.29) is 5.54 Å². The SMILES string of the molecule is CC(C)(C)C1CCN(C(C)(CN)CC2CC2)C1. The van der Waals surface area contributed by atoms with Gasteiger partial charge in [0, 0.05) is 18.6 Å². The monoisotopic (exact) mass is 238 g/mol. The third-order valence-electron chi connectivity index (χ3n) is 5.04. The van der Waals surface area contributed by atoms with Crippen molar-refractivity contribution in [2.45, 2.75) is 58.9 Å². The van der Waals surface area contributed by atoms with Crippen LogP contribution < -0.4 is 5.73 Å². The first-order chi connectivity index (χ1) is 7.85. The van der Waals surface area contributed by atoms with Gasteiger partial charge in [-0.1, -0.05) is 33.6 Å². The summed E-state index contributed by atoms with van der Waals surface area (Å²) in [4.78, 5) is 2.68. The Hall–Kier alpha value is -0.0800. The number of likely N-dealkylation sites (tertiary alicyclic amines) is 1. The van der Waals surface area contributed by atoms with Crippen LogP contribution in [0.5, 0.6) is 0 Å². The van der Waals surface area contributed by atoms with Crippen molar-refractivity contribution in [1.29, 1.82) is 0 Å². The predicted octanol–water partition coefficient (Wildman–Crippen LogP) is 2.87. The minimum Gasteiger partial charge on any atom is -0.329 e. The van der Waals surface area contributed by atoms with Gasteiger partial charge >= 0.3 is 0 Å². The third-order valence-corrected chi connectivity index (χ3v) is 5.04. The van der Waals surface area contributed by atoms with Gasteiger partial charge in [0.15, 0.2) is 0 Å². The summed E-state index contributed by atoms with van der Waals surface area (Å²) in [5.74, 6) is 1.81. The first kappa shape index (κ1) is 13.4. The summed E-state index contributed by atoms with van der Waals surface area (Å²) in [5.41, 5.74) is 6.79. The highest BCUT2D eigenvalue weighted by atomic mass is 15.2. The number of hydrogen-bond acceptors (Lipinski definition) is 2. The summed E-state index contributed by atoms with van der Waals surface area (Å²) in [6.45, 7) is 12.8. The number of rotatable bonds is 4. The molecule has 0 radical (unpaired) electrons. The zero-order valence-corrected chi connectivity index (χ0v) is 12.1. The molecular weight excluding hydrogens is 208 g/mol. The Bertz CT molecular complexity index is 265. The smallest absolute Gasteiger partial charge is 0.0306 e. The maximum absolute atomic E-state index is 6.08. The molecular formula is C15H30N2. The van der Waals surface area contributed by atoms with Gasteiger partial charge in [0.05, 0.1) is 0 Å². The second-order valence-electron chi connectivity index (χ2n) is 7.65. The van der Waals surface area contributed by atoms with E-state index < -0.39 is 0 Å². The summed E-state index contributed by atoms with van der Waals surface area (Å²) in [6.07, 6.45) is 5.54. The van der Waals surface area contributed by atoms with Crippen LogP contribution in [0.15, 0.2) is 0 Å². The van der Waals surface area contributed by atoms with Gasteiger partial charge in [-0.2, -0.15) is 0 Å². The van der Waals surface area contributed by atoms with Crippen molar-refractivity contribution in [3.8, 4) is 0 Å². The van der Waals surface area contributed by atoms with Gasteiger partial charge in [-0.05, 0) is 43.6 Å². The Labute approximate surface area is 107 Å². The van der Waals surface area contributed by atoms with Crippen LogP contribution in [0.2, 0.25) is 0 Å². The molecule has 0 aromatic heterocycles. The van der Waals surface area contributed by atoms with Crippen LogP contribution in [0.4, 0.5) is 0 Å². The lowest BCUT2D eigenvalue weighted by Crippen LogP contribution is -2.51. The van der Waals surface area contributed by atoms with E-state index in [1.165, 1.54) is 38.8 Å². The zero-order valence-electron chi connectivity index (χ0n) is 12.1. The molecule has 1 aliphatic heterocycles. The maximum atomic E-state index is 6.08. The van der Waals surface area contributed by atoms with Gasteiger partial charge in [0.2, 0.25) is 0 Å². The van der Waals surface area contributed by atoms with Gasteiger partial charge in [-0.15, -0.1) is 0 Å². The second-order valence-corrected chi connectivity index (χ2v) is 7.65. The minimum absolute atomic E-state index is 0.265. The molecule has 0 aromatic rings. The number of hydrogen-bond donors (Lipinski definition) is 1. The van der Waals surface area contributed by atoms with Crippen LogP contribution in [0.3, 0.4) is 0 Å². The van der Waals surface area contributed by atoms with Gasteiger partial charge in [0.1, 0.15) is 0 Å². The van der Waals surface area contributed by atoms with Crippen molar-refractivity contribution in [3.63, 3.8) is 0 Å². The van der Waals surface area contributed by atoms with Crippen LogP contribution in [-0.4, -0.2) is 30.1 Å². The van der Waals surface area contributed by atoms with E-state index in [1.807, 2.05) is 0 Å². The fourth-order valence-corrected chi connectivity index (χ4v) is 3.24. The molecule has 0 bridgehead atoms. The van der Waals surface area contributed by atoms with Crippen LogP contribution in [0.25, 0.3) is 0 Å². The van der Waals surface area contributed by atoms with Crippen LogP contribution in [0.1, 0.15) is 53.4 Å². The topological polar surface area (TPSA) is 29.3 Å². The van der Waals surface area contributed by atoms with Crippen molar-refractivity contribution in [1.82, 2.24) is 4.90 Å². The Kier molecular flexibility index (Phi) is 3.57. The van der Waals surface area contributed by atoms with Crippen LogP contribution in [-0.2, 0) is 0 Å². The normalized spacial score (nSPS) is 30.5. The first-order valence-corrected chi connectivity index (χ1v) is 7.30. The zero-order chi connectivity index (χ0) is 12.7. The van der Waals surface area contributed by atoms with Crippen molar-refractivity contribution in [2.75, 3.05) is 19.6 Å². The average Bonchev–Trinajstić information content (AvgIpc) is 2.88. The highest BCUT2D eigenvalue weighted by Crippen LogP contribution is 2.42. The Balaban J connectivity index is 1.97. The summed E-state index contributed by atoms with van der Waals surface area (Å²) < 4.78 is 0. The molecule has 0 amide bonds. The second kappa shape index (κ2) is 4.55. The molecule has 1 saturated heterocycles. The quantitative estimate of drug-likeness (QED) is 0.816. The Morgan fingerprint density at radius 1 is 1.12 bits per heavy atom. The number of nitrogens with two attached hydrogens (primary N) is 1. The molecule has 0 aromatic carbocycles. The van der Waals surface area contributed by atoms with E-state index >= 15 is 0 Å². The summed E-state index contributed by atoms with van der Waals surface area (Å²) in [7, 11) is 0. The molecule has 1 saturated carbocycles. The third kappa shape index (κ3) is 3.03. The van der Waals surface area contributed by atoms with E-state index in [0.29, 0.717) is 5.41 Å². The Morgan fingerprint density at radius 2 is 1.76 bits per heavy atom. The largest absolute Gasteiger partial charge is 0.329 e. The van der Waals surface area contributed by atoms with Crippen molar-refractivity contribution >= 4 is 0 Å².